The molecule has 100 valence electrons. The van der Waals surface area contributed by atoms with Crippen LogP contribution in [0.1, 0.15) is 50.9 Å². The highest BCUT2D eigenvalue weighted by Gasteiger charge is 2.19. The summed E-state index contributed by atoms with van der Waals surface area (Å²) in [4.78, 5) is 9.29. The molecular formula is C14H23N3S. The van der Waals surface area contributed by atoms with Crippen molar-refractivity contribution in [1.82, 2.24) is 9.97 Å². The summed E-state index contributed by atoms with van der Waals surface area (Å²) in [5.74, 6) is 1.97. The molecule has 3 nitrogen and oxygen atoms in total. The molecule has 4 heteroatoms. The fourth-order valence-electron chi connectivity index (χ4n) is 2.32. The van der Waals surface area contributed by atoms with E-state index in [4.69, 9.17) is 4.98 Å². The van der Waals surface area contributed by atoms with Crippen LogP contribution >= 0.6 is 11.8 Å². The molecule has 0 amide bonds. The van der Waals surface area contributed by atoms with E-state index in [1.807, 2.05) is 11.8 Å². The highest BCUT2D eigenvalue weighted by molar-refractivity contribution is 7.99. The summed E-state index contributed by atoms with van der Waals surface area (Å²) in [7, 11) is 0. The largest absolute Gasteiger partial charge is 0.370 e. The average Bonchev–Trinajstić information content (AvgIpc) is 2.87. The van der Waals surface area contributed by atoms with Gasteiger partial charge in [-0.2, -0.15) is 0 Å². The Morgan fingerprint density at radius 2 is 1.94 bits per heavy atom. The number of nitrogens with one attached hydrogen (secondary N) is 1. The third kappa shape index (κ3) is 3.16. The lowest BCUT2D eigenvalue weighted by molar-refractivity contribution is 0.855. The zero-order chi connectivity index (χ0) is 13.0. The molecule has 0 spiro atoms. The number of rotatable bonds is 5. The van der Waals surface area contributed by atoms with Crippen LogP contribution in [0.25, 0.3) is 0 Å². The van der Waals surface area contributed by atoms with Crippen LogP contribution in [0.4, 0.5) is 5.82 Å². The Morgan fingerprint density at radius 1 is 1.22 bits per heavy atom. The first-order chi connectivity index (χ1) is 8.74. The minimum absolute atomic E-state index is 0.762. The van der Waals surface area contributed by atoms with Crippen molar-refractivity contribution in [1.29, 1.82) is 0 Å². The van der Waals surface area contributed by atoms with E-state index in [0.717, 1.165) is 29.9 Å². The Labute approximate surface area is 114 Å². The van der Waals surface area contributed by atoms with Gasteiger partial charge in [0.05, 0.1) is 0 Å². The van der Waals surface area contributed by atoms with Crippen LogP contribution in [-0.2, 0) is 6.42 Å². The zero-order valence-corrected chi connectivity index (χ0v) is 12.4. The predicted octanol–water partition coefficient (Wildman–Crippen LogP) is 3.81. The molecule has 0 saturated heterocycles. The molecule has 0 bridgehead atoms. The first kappa shape index (κ1) is 13.7. The van der Waals surface area contributed by atoms with Crippen molar-refractivity contribution in [3.8, 4) is 0 Å². The molecule has 1 aliphatic carbocycles. The smallest absolute Gasteiger partial charge is 0.133 e. The molecule has 0 radical (unpaired) electrons. The highest BCUT2D eigenvalue weighted by atomic mass is 32.2. The molecule has 2 rings (SSSR count). The first-order valence-electron chi connectivity index (χ1n) is 7.02. The van der Waals surface area contributed by atoms with Crippen LogP contribution in [-0.4, -0.2) is 21.8 Å². The molecule has 0 aromatic carbocycles. The number of thioether (sulfide) groups is 1. The molecular weight excluding hydrogens is 242 g/mol. The summed E-state index contributed by atoms with van der Waals surface area (Å²) in [6, 6.07) is 0. The van der Waals surface area contributed by atoms with Crippen molar-refractivity contribution in [2.75, 3.05) is 11.9 Å². The summed E-state index contributed by atoms with van der Waals surface area (Å²) in [6.45, 7) is 7.27. The fraction of sp³-hybridized carbons (Fsp3) is 0.714. The number of hydrogen-bond acceptors (Lipinski definition) is 4. The molecule has 0 atom stereocenters. The van der Waals surface area contributed by atoms with E-state index >= 15 is 0 Å². The van der Waals surface area contributed by atoms with Gasteiger partial charge in [0, 0.05) is 23.8 Å². The number of hydrogen-bond donors (Lipinski definition) is 1. The molecule has 1 N–H and O–H groups in total. The van der Waals surface area contributed by atoms with Crippen LogP contribution in [0.3, 0.4) is 0 Å². The van der Waals surface area contributed by atoms with Crippen molar-refractivity contribution in [3.63, 3.8) is 0 Å². The van der Waals surface area contributed by atoms with Gasteiger partial charge in [-0.1, -0.05) is 19.8 Å². The quantitative estimate of drug-likeness (QED) is 0.821. The minimum atomic E-state index is 0.762. The Balaban J connectivity index is 2.23. The third-order valence-corrected chi connectivity index (χ3v) is 4.81. The van der Waals surface area contributed by atoms with Crippen LogP contribution in [0, 0.1) is 6.92 Å². The van der Waals surface area contributed by atoms with E-state index in [1.165, 1.54) is 36.3 Å². The fourth-order valence-corrected chi connectivity index (χ4v) is 3.63. The van der Waals surface area contributed by atoms with Gasteiger partial charge in [-0.05, 0) is 26.7 Å². The van der Waals surface area contributed by atoms with Crippen molar-refractivity contribution in [3.05, 3.63) is 11.4 Å². The normalized spacial score (nSPS) is 16.2. The van der Waals surface area contributed by atoms with Gasteiger partial charge < -0.3 is 5.32 Å². The number of aryl methyl sites for hydroxylation is 1. The Bertz CT molecular complexity index is 400. The summed E-state index contributed by atoms with van der Waals surface area (Å²) in [5.41, 5.74) is 1.21. The van der Waals surface area contributed by atoms with Crippen molar-refractivity contribution in [2.45, 2.75) is 63.2 Å². The predicted molar refractivity (Wildman–Crippen MR) is 78.4 cm³/mol. The summed E-state index contributed by atoms with van der Waals surface area (Å²) in [6.07, 6.45) is 6.33. The maximum absolute atomic E-state index is 4.71. The maximum Gasteiger partial charge on any atom is 0.133 e. The second-order valence-corrected chi connectivity index (χ2v) is 6.12. The molecule has 1 fully saturated rings. The third-order valence-electron chi connectivity index (χ3n) is 3.39. The number of nitrogens with zero attached hydrogens (tertiary/aromatic N) is 2. The monoisotopic (exact) mass is 265 g/mol. The summed E-state index contributed by atoms with van der Waals surface area (Å²) < 4.78 is 0. The summed E-state index contributed by atoms with van der Waals surface area (Å²) in [5, 5.41) is 5.30. The van der Waals surface area contributed by atoms with Gasteiger partial charge in [-0.3, -0.25) is 0 Å². The van der Waals surface area contributed by atoms with Gasteiger partial charge in [0.25, 0.3) is 0 Å². The maximum atomic E-state index is 4.71. The lowest BCUT2D eigenvalue weighted by atomic mass is 10.3. The lowest BCUT2D eigenvalue weighted by Gasteiger charge is -2.14. The van der Waals surface area contributed by atoms with Crippen LogP contribution in [0.2, 0.25) is 0 Å². The van der Waals surface area contributed by atoms with Gasteiger partial charge in [-0.25, -0.2) is 9.97 Å². The van der Waals surface area contributed by atoms with E-state index in [0.29, 0.717) is 0 Å². The van der Waals surface area contributed by atoms with E-state index in [1.54, 1.807) is 0 Å². The Hall–Kier alpha value is -0.770. The molecule has 1 aliphatic rings. The van der Waals surface area contributed by atoms with E-state index in [-0.39, 0.29) is 0 Å². The zero-order valence-electron chi connectivity index (χ0n) is 11.6. The molecule has 1 heterocycles. The minimum Gasteiger partial charge on any atom is -0.370 e. The molecule has 1 aromatic heterocycles. The topological polar surface area (TPSA) is 37.8 Å². The highest BCUT2D eigenvalue weighted by Crippen LogP contribution is 2.36. The standard InChI is InChI=1S/C14H23N3S/c1-4-12-16-13(15-5-2)10(3)14(17-12)18-11-8-6-7-9-11/h11H,4-9H2,1-3H3,(H,15,16,17). The second kappa shape index (κ2) is 6.41. The first-order valence-corrected chi connectivity index (χ1v) is 7.90. The van der Waals surface area contributed by atoms with Crippen molar-refractivity contribution < 1.29 is 0 Å². The van der Waals surface area contributed by atoms with Crippen LogP contribution in [0.5, 0.6) is 0 Å². The van der Waals surface area contributed by atoms with Crippen LogP contribution < -0.4 is 5.32 Å². The summed E-state index contributed by atoms with van der Waals surface area (Å²) >= 11 is 1.96. The molecule has 0 unspecified atom stereocenters. The van der Waals surface area contributed by atoms with E-state index < -0.39 is 0 Å². The molecule has 1 saturated carbocycles. The van der Waals surface area contributed by atoms with Gasteiger partial charge in [0.15, 0.2) is 0 Å². The average molecular weight is 265 g/mol. The lowest BCUT2D eigenvalue weighted by Crippen LogP contribution is -2.08. The van der Waals surface area contributed by atoms with E-state index in [2.05, 4.69) is 31.1 Å². The van der Waals surface area contributed by atoms with Crippen molar-refractivity contribution in [2.24, 2.45) is 0 Å². The van der Waals surface area contributed by atoms with Gasteiger partial charge in [0.1, 0.15) is 16.7 Å². The molecule has 0 aliphatic heterocycles. The second-order valence-electron chi connectivity index (χ2n) is 4.83. The molecule has 1 aromatic rings. The van der Waals surface area contributed by atoms with E-state index in [9.17, 15) is 0 Å². The van der Waals surface area contributed by atoms with Gasteiger partial charge in [-0.15, -0.1) is 11.8 Å². The van der Waals surface area contributed by atoms with Crippen LogP contribution in [0.15, 0.2) is 5.03 Å². The Kier molecular flexibility index (Phi) is 4.87. The van der Waals surface area contributed by atoms with Gasteiger partial charge in [0.2, 0.25) is 0 Å². The molecule has 18 heavy (non-hydrogen) atoms. The van der Waals surface area contributed by atoms with Crippen molar-refractivity contribution >= 4 is 17.6 Å². The number of anilines is 1. The van der Waals surface area contributed by atoms with Gasteiger partial charge >= 0.3 is 0 Å². The SMILES string of the molecule is CCNc1nc(CC)nc(SC2CCCC2)c1C. The number of aromatic nitrogens is 2. The Morgan fingerprint density at radius 3 is 2.56 bits per heavy atom.